The third-order valence-corrected chi connectivity index (χ3v) is 5.36. The van der Waals surface area contributed by atoms with Crippen LogP contribution in [-0.2, 0) is 13.6 Å². The number of phosphoric acid groups is 1. The molecule has 1 N–H and O–H groups in total. The molecular formula is C19H43NO4P+. The van der Waals surface area contributed by atoms with Crippen molar-refractivity contribution in [2.45, 2.75) is 90.6 Å². The molecule has 25 heavy (non-hydrogen) atoms. The van der Waals surface area contributed by atoms with Crippen LogP contribution in [0.2, 0.25) is 0 Å². The zero-order valence-electron chi connectivity index (χ0n) is 17.3. The molecule has 0 rings (SSSR count). The Morgan fingerprint density at radius 2 is 1.44 bits per heavy atom. The van der Waals surface area contributed by atoms with Crippen molar-refractivity contribution in [3.8, 4) is 0 Å². The Hall–Kier alpha value is 0.0700. The molecule has 0 aliphatic carbocycles. The first kappa shape index (κ1) is 25.1. The fourth-order valence-electron chi connectivity index (χ4n) is 2.73. The molecule has 0 aliphatic heterocycles. The molecule has 2 atom stereocenters. The second kappa shape index (κ2) is 14.2. The molecule has 0 aromatic rings. The van der Waals surface area contributed by atoms with Gasteiger partial charge in [-0.1, -0.05) is 71.6 Å². The third-order valence-electron chi connectivity index (χ3n) is 4.29. The Bertz CT molecular complexity index is 358. The van der Waals surface area contributed by atoms with Crippen molar-refractivity contribution in [1.29, 1.82) is 0 Å². The summed E-state index contributed by atoms with van der Waals surface area (Å²) in [7, 11) is 2.12. The highest BCUT2D eigenvalue weighted by atomic mass is 31.2. The van der Waals surface area contributed by atoms with Crippen LogP contribution in [0.25, 0.3) is 0 Å². The van der Waals surface area contributed by atoms with E-state index in [2.05, 4.69) is 13.8 Å². The second-order valence-corrected chi connectivity index (χ2v) is 9.50. The molecule has 6 heteroatoms. The Morgan fingerprint density at radius 1 is 0.880 bits per heavy atom. The minimum atomic E-state index is -3.95. The van der Waals surface area contributed by atoms with Gasteiger partial charge in [0.2, 0.25) is 0 Å². The number of phosphoric ester groups is 1. The summed E-state index contributed by atoms with van der Waals surface area (Å²) in [4.78, 5) is 9.94. The van der Waals surface area contributed by atoms with Gasteiger partial charge in [0.1, 0.15) is 13.2 Å². The summed E-state index contributed by atoms with van der Waals surface area (Å²) in [5.41, 5.74) is 0. The van der Waals surface area contributed by atoms with E-state index in [-0.39, 0.29) is 12.7 Å². The van der Waals surface area contributed by atoms with E-state index in [4.69, 9.17) is 9.05 Å². The molecule has 0 amide bonds. The second-order valence-electron chi connectivity index (χ2n) is 8.10. The van der Waals surface area contributed by atoms with E-state index in [1.807, 2.05) is 21.1 Å². The van der Waals surface area contributed by atoms with Crippen molar-refractivity contribution in [3.05, 3.63) is 0 Å². The van der Waals surface area contributed by atoms with Crippen LogP contribution in [0, 0.1) is 0 Å². The fraction of sp³-hybridized carbons (Fsp3) is 1.00. The highest BCUT2D eigenvalue weighted by molar-refractivity contribution is 7.47. The molecule has 2 unspecified atom stereocenters. The van der Waals surface area contributed by atoms with Gasteiger partial charge in [-0.25, -0.2) is 4.57 Å². The van der Waals surface area contributed by atoms with E-state index in [9.17, 15) is 9.46 Å². The first-order chi connectivity index (χ1) is 11.7. The van der Waals surface area contributed by atoms with Crippen LogP contribution in [0.1, 0.15) is 84.5 Å². The summed E-state index contributed by atoms with van der Waals surface area (Å²) in [5.74, 6) is 0. The molecule has 0 heterocycles. The van der Waals surface area contributed by atoms with Gasteiger partial charge in [0, 0.05) is 0 Å². The van der Waals surface area contributed by atoms with E-state index in [0.29, 0.717) is 11.0 Å². The van der Waals surface area contributed by atoms with Gasteiger partial charge >= 0.3 is 7.82 Å². The minimum Gasteiger partial charge on any atom is -0.329 e. The largest absolute Gasteiger partial charge is 0.472 e. The predicted octanol–water partition coefficient (Wildman–Crippen LogP) is 5.53. The highest BCUT2D eigenvalue weighted by Gasteiger charge is 2.26. The van der Waals surface area contributed by atoms with Crippen LogP contribution < -0.4 is 0 Å². The van der Waals surface area contributed by atoms with E-state index in [1.165, 1.54) is 44.9 Å². The van der Waals surface area contributed by atoms with Gasteiger partial charge in [-0.2, -0.15) is 0 Å². The molecule has 0 saturated heterocycles. The van der Waals surface area contributed by atoms with Crippen LogP contribution >= 0.6 is 7.82 Å². The summed E-state index contributed by atoms with van der Waals surface area (Å²) in [6, 6.07) is 0. The molecule has 0 aromatic carbocycles. The number of likely N-dealkylation sites (N-methyl/N-ethyl adjacent to an activating group) is 1. The lowest BCUT2D eigenvalue weighted by atomic mass is 10.0. The molecular weight excluding hydrogens is 337 g/mol. The van der Waals surface area contributed by atoms with Crippen molar-refractivity contribution in [1.82, 2.24) is 0 Å². The first-order valence-corrected chi connectivity index (χ1v) is 11.7. The topological polar surface area (TPSA) is 55.8 Å². The number of unbranched alkanes of at least 4 members (excludes halogenated alkanes) is 7. The number of rotatable bonds is 17. The summed E-state index contributed by atoms with van der Waals surface area (Å²) in [6.07, 6.45) is 12.5. The summed E-state index contributed by atoms with van der Waals surface area (Å²) >= 11 is 0. The first-order valence-electron chi connectivity index (χ1n) is 10.2. The highest BCUT2D eigenvalue weighted by Crippen LogP contribution is 2.45. The van der Waals surface area contributed by atoms with E-state index in [1.54, 1.807) is 0 Å². The quantitative estimate of drug-likeness (QED) is 0.205. The lowest BCUT2D eigenvalue weighted by Gasteiger charge is -2.25. The maximum absolute atomic E-state index is 12.1. The molecule has 5 nitrogen and oxygen atoms in total. The van der Waals surface area contributed by atoms with Crippen molar-refractivity contribution in [2.24, 2.45) is 0 Å². The molecule has 0 aromatic heterocycles. The maximum Gasteiger partial charge on any atom is 0.472 e. The van der Waals surface area contributed by atoms with Crippen molar-refractivity contribution in [2.75, 3.05) is 34.3 Å². The molecule has 0 saturated carbocycles. The normalized spacial score (nSPS) is 15.9. The zero-order valence-corrected chi connectivity index (χ0v) is 18.2. The van der Waals surface area contributed by atoms with Crippen LogP contribution in [0.5, 0.6) is 0 Å². The summed E-state index contributed by atoms with van der Waals surface area (Å²) in [5, 5.41) is 0. The maximum atomic E-state index is 12.1. The Kier molecular flexibility index (Phi) is 14.2. The van der Waals surface area contributed by atoms with Gasteiger partial charge in [0.05, 0.1) is 27.2 Å². The monoisotopic (exact) mass is 380 g/mol. The lowest BCUT2D eigenvalue weighted by Crippen LogP contribution is -2.37. The Balaban J connectivity index is 4.00. The number of hydrogen-bond acceptors (Lipinski definition) is 3. The van der Waals surface area contributed by atoms with E-state index >= 15 is 0 Å². The van der Waals surface area contributed by atoms with E-state index < -0.39 is 7.82 Å². The van der Waals surface area contributed by atoms with Crippen molar-refractivity contribution in [3.63, 3.8) is 0 Å². The van der Waals surface area contributed by atoms with Gasteiger partial charge < -0.3 is 9.38 Å². The standard InChI is InChI=1S/C19H42NO4P/c1-6-8-9-10-11-12-13-14-16-19(15-7-2)24-25(21,22)23-18-17-20(3,4)5/h19H,6-18H2,1-5H3/p+1. The molecule has 0 radical (unpaired) electrons. The Labute approximate surface area is 156 Å². The fourth-order valence-corrected chi connectivity index (χ4v) is 3.69. The van der Waals surface area contributed by atoms with Gasteiger partial charge in [-0.05, 0) is 12.8 Å². The predicted molar refractivity (Wildman–Crippen MR) is 106 cm³/mol. The lowest BCUT2D eigenvalue weighted by molar-refractivity contribution is -0.870. The minimum absolute atomic E-state index is 0.176. The average molecular weight is 381 g/mol. The number of quaternary nitrogens is 1. The SMILES string of the molecule is CCCCCCCCCCC(CCC)OP(=O)(O)OCC[N+](C)(C)C. The van der Waals surface area contributed by atoms with Gasteiger partial charge in [0.15, 0.2) is 0 Å². The number of hydrogen-bond donors (Lipinski definition) is 1. The van der Waals surface area contributed by atoms with Gasteiger partial charge in [0.25, 0.3) is 0 Å². The van der Waals surface area contributed by atoms with Gasteiger partial charge in [-0.15, -0.1) is 0 Å². The van der Waals surface area contributed by atoms with Gasteiger partial charge in [-0.3, -0.25) is 9.05 Å². The van der Waals surface area contributed by atoms with E-state index in [0.717, 1.165) is 25.7 Å². The molecule has 152 valence electrons. The smallest absolute Gasteiger partial charge is 0.329 e. The van der Waals surface area contributed by atoms with Crippen LogP contribution in [0.4, 0.5) is 0 Å². The van der Waals surface area contributed by atoms with Crippen molar-refractivity contribution < 1.29 is 23.0 Å². The molecule has 0 spiro atoms. The van der Waals surface area contributed by atoms with Crippen LogP contribution in [-0.4, -0.2) is 49.8 Å². The molecule has 0 fully saturated rings. The summed E-state index contributed by atoms with van der Waals surface area (Å²) in [6.45, 7) is 5.21. The van der Waals surface area contributed by atoms with Crippen LogP contribution in [0.15, 0.2) is 0 Å². The Morgan fingerprint density at radius 3 is 1.96 bits per heavy atom. The summed E-state index contributed by atoms with van der Waals surface area (Å²) < 4.78 is 23.4. The average Bonchev–Trinajstić information content (AvgIpc) is 2.48. The molecule has 0 bridgehead atoms. The zero-order chi connectivity index (χ0) is 19.2. The molecule has 0 aliphatic rings. The van der Waals surface area contributed by atoms with Crippen molar-refractivity contribution >= 4 is 7.82 Å². The van der Waals surface area contributed by atoms with Crippen LogP contribution in [0.3, 0.4) is 0 Å². The number of nitrogens with zero attached hydrogens (tertiary/aromatic N) is 1. The third kappa shape index (κ3) is 17.3.